The van der Waals surface area contributed by atoms with Gasteiger partial charge in [-0.25, -0.2) is 16.8 Å². The van der Waals surface area contributed by atoms with Crippen LogP contribution in [-0.2, 0) is 30.3 Å². The molecule has 2 heterocycles. The Labute approximate surface area is 224 Å². The van der Waals surface area contributed by atoms with Crippen LogP contribution < -0.4 is 5.32 Å². The number of carbonyl (C=O) groups excluding carboxylic acids is 1. The summed E-state index contributed by atoms with van der Waals surface area (Å²) in [5.74, 6) is -0.606. The highest BCUT2D eigenvalue weighted by Crippen LogP contribution is 2.33. The quantitative estimate of drug-likeness (QED) is 0.448. The third kappa shape index (κ3) is 5.24. The van der Waals surface area contributed by atoms with E-state index in [-0.39, 0.29) is 41.5 Å². The zero-order chi connectivity index (χ0) is 27.7. The second kappa shape index (κ2) is 10.6. The highest BCUT2D eigenvalue weighted by molar-refractivity contribution is 7.89. The number of carbonyl (C=O) groups is 1. The minimum Gasteiger partial charge on any atom is -0.351 e. The molecule has 202 valence electrons. The number of hydrogen-bond acceptors (Lipinski definition) is 6. The third-order valence-corrected chi connectivity index (χ3v) is 10.4. The van der Waals surface area contributed by atoms with Gasteiger partial charge in [-0.3, -0.25) is 9.78 Å². The van der Waals surface area contributed by atoms with Crippen molar-refractivity contribution in [2.45, 2.75) is 42.0 Å². The molecule has 0 aliphatic carbocycles. The number of sulfonamides is 2. The standard InChI is InChI=1S/C27H32N4O5S2/c1-5-15-29-26(32)22-19-30(37(33,34)23-13-7-6-12-21(23)27(2,3)4)17-18-31(22)38(35,36)24-14-8-10-20-11-9-16-28-25(20)24/h5-14,16,22H,1,15,17-19H2,2-4H3,(H,29,32)/t22-/m1/s1. The number of hydrogen-bond donors (Lipinski definition) is 1. The van der Waals surface area contributed by atoms with Gasteiger partial charge in [-0.2, -0.15) is 8.61 Å². The van der Waals surface area contributed by atoms with Crippen LogP contribution in [0.1, 0.15) is 26.3 Å². The van der Waals surface area contributed by atoms with Crippen molar-refractivity contribution < 1.29 is 21.6 Å². The highest BCUT2D eigenvalue weighted by atomic mass is 32.2. The van der Waals surface area contributed by atoms with Crippen LogP contribution in [0.2, 0.25) is 0 Å². The van der Waals surface area contributed by atoms with Crippen molar-refractivity contribution in [2.75, 3.05) is 26.2 Å². The van der Waals surface area contributed by atoms with Crippen LogP contribution in [0.25, 0.3) is 10.9 Å². The molecule has 0 bridgehead atoms. The summed E-state index contributed by atoms with van der Waals surface area (Å²) >= 11 is 0. The van der Waals surface area contributed by atoms with E-state index in [1.54, 1.807) is 48.5 Å². The Hall–Kier alpha value is -3.12. The minimum atomic E-state index is -4.21. The Balaban J connectivity index is 1.76. The first kappa shape index (κ1) is 27.9. The maximum Gasteiger partial charge on any atom is 0.246 e. The molecule has 1 aliphatic heterocycles. The molecular weight excluding hydrogens is 524 g/mol. The molecule has 3 aromatic rings. The average molecular weight is 557 g/mol. The molecule has 1 aromatic heterocycles. The van der Waals surface area contributed by atoms with E-state index < -0.39 is 37.4 Å². The normalized spacial score (nSPS) is 17.8. The van der Waals surface area contributed by atoms with Gasteiger partial charge in [-0.05, 0) is 29.2 Å². The van der Waals surface area contributed by atoms with Crippen molar-refractivity contribution in [3.05, 3.63) is 79.0 Å². The lowest BCUT2D eigenvalue weighted by atomic mass is 9.87. The van der Waals surface area contributed by atoms with Crippen LogP contribution in [0.3, 0.4) is 0 Å². The predicted octanol–water partition coefficient (Wildman–Crippen LogP) is 2.90. The molecule has 1 amide bonds. The minimum absolute atomic E-state index is 0.0356. The second-order valence-electron chi connectivity index (χ2n) is 10.1. The number of fused-ring (bicyclic) bond motifs is 1. The van der Waals surface area contributed by atoms with Crippen LogP contribution in [0, 0.1) is 0 Å². The monoisotopic (exact) mass is 556 g/mol. The maximum absolute atomic E-state index is 13.9. The average Bonchev–Trinajstić information content (AvgIpc) is 2.90. The largest absolute Gasteiger partial charge is 0.351 e. The summed E-state index contributed by atoms with van der Waals surface area (Å²) in [5.41, 5.74) is 0.482. The first-order valence-corrected chi connectivity index (χ1v) is 15.1. The summed E-state index contributed by atoms with van der Waals surface area (Å²) in [6.07, 6.45) is 2.98. The van der Waals surface area contributed by atoms with Crippen molar-refractivity contribution in [1.82, 2.24) is 18.9 Å². The third-order valence-electron chi connectivity index (χ3n) is 6.51. The number of benzene rings is 2. The molecule has 0 saturated carbocycles. The van der Waals surface area contributed by atoms with E-state index >= 15 is 0 Å². The summed E-state index contributed by atoms with van der Waals surface area (Å²) < 4.78 is 57.8. The Bertz CT molecular complexity index is 1580. The first-order chi connectivity index (χ1) is 17.9. The molecule has 38 heavy (non-hydrogen) atoms. The Morgan fingerprint density at radius 3 is 2.39 bits per heavy atom. The molecule has 0 radical (unpaired) electrons. The topological polar surface area (TPSA) is 117 Å². The van der Waals surface area contributed by atoms with Crippen LogP contribution in [-0.4, -0.2) is 68.6 Å². The molecule has 4 rings (SSSR count). The van der Waals surface area contributed by atoms with Crippen molar-refractivity contribution in [3.8, 4) is 0 Å². The lowest BCUT2D eigenvalue weighted by molar-refractivity contribution is -0.125. The summed E-state index contributed by atoms with van der Waals surface area (Å²) in [5, 5.41) is 3.28. The molecule has 2 aromatic carbocycles. The van der Waals surface area contributed by atoms with E-state index in [0.717, 1.165) is 4.31 Å². The summed E-state index contributed by atoms with van der Waals surface area (Å²) in [6, 6.07) is 13.8. The zero-order valence-corrected chi connectivity index (χ0v) is 23.3. The summed E-state index contributed by atoms with van der Waals surface area (Å²) in [7, 11) is -8.24. The number of para-hydroxylation sites is 1. The first-order valence-electron chi connectivity index (χ1n) is 12.2. The second-order valence-corrected chi connectivity index (χ2v) is 13.9. The fourth-order valence-corrected chi connectivity index (χ4v) is 8.19. The van der Waals surface area contributed by atoms with E-state index in [1.807, 2.05) is 20.8 Å². The van der Waals surface area contributed by atoms with E-state index in [1.165, 1.54) is 22.6 Å². The predicted molar refractivity (Wildman–Crippen MR) is 147 cm³/mol. The van der Waals surface area contributed by atoms with Crippen molar-refractivity contribution in [1.29, 1.82) is 0 Å². The molecule has 0 unspecified atom stereocenters. The van der Waals surface area contributed by atoms with E-state index in [0.29, 0.717) is 10.9 Å². The van der Waals surface area contributed by atoms with Gasteiger partial charge in [0.2, 0.25) is 26.0 Å². The van der Waals surface area contributed by atoms with Crippen molar-refractivity contribution in [2.24, 2.45) is 0 Å². The van der Waals surface area contributed by atoms with Crippen molar-refractivity contribution in [3.63, 3.8) is 0 Å². The highest BCUT2D eigenvalue weighted by Gasteiger charge is 2.44. The van der Waals surface area contributed by atoms with Gasteiger partial charge < -0.3 is 5.32 Å². The van der Waals surface area contributed by atoms with Crippen LogP contribution in [0.15, 0.2) is 83.2 Å². The van der Waals surface area contributed by atoms with Gasteiger partial charge in [0.15, 0.2) is 0 Å². The Kier molecular flexibility index (Phi) is 7.76. The fraction of sp³-hybridized carbons (Fsp3) is 0.333. The number of piperazine rings is 1. The van der Waals surface area contributed by atoms with Gasteiger partial charge in [-0.15, -0.1) is 6.58 Å². The molecule has 1 N–H and O–H groups in total. The zero-order valence-electron chi connectivity index (χ0n) is 21.7. The van der Waals surface area contributed by atoms with E-state index in [9.17, 15) is 21.6 Å². The maximum atomic E-state index is 13.9. The summed E-state index contributed by atoms with van der Waals surface area (Å²) in [4.78, 5) is 17.6. The van der Waals surface area contributed by atoms with Gasteiger partial charge >= 0.3 is 0 Å². The lowest BCUT2D eigenvalue weighted by Gasteiger charge is -2.39. The van der Waals surface area contributed by atoms with E-state index in [2.05, 4.69) is 16.9 Å². The van der Waals surface area contributed by atoms with Gasteiger partial charge in [0.25, 0.3) is 0 Å². The van der Waals surface area contributed by atoms with Gasteiger partial charge in [-0.1, -0.05) is 63.2 Å². The van der Waals surface area contributed by atoms with Gasteiger partial charge in [0, 0.05) is 37.8 Å². The molecule has 1 fully saturated rings. The number of pyridine rings is 1. The number of nitrogens with zero attached hydrogens (tertiary/aromatic N) is 3. The van der Waals surface area contributed by atoms with Gasteiger partial charge in [0.05, 0.1) is 10.4 Å². The molecule has 11 heteroatoms. The van der Waals surface area contributed by atoms with Crippen molar-refractivity contribution >= 4 is 36.9 Å². The molecular formula is C27H32N4O5S2. The fourth-order valence-electron chi connectivity index (χ4n) is 4.61. The lowest BCUT2D eigenvalue weighted by Crippen LogP contribution is -2.61. The molecule has 1 saturated heterocycles. The molecule has 0 spiro atoms. The smallest absolute Gasteiger partial charge is 0.246 e. The van der Waals surface area contributed by atoms with Crippen LogP contribution in [0.4, 0.5) is 0 Å². The molecule has 9 nitrogen and oxygen atoms in total. The van der Waals surface area contributed by atoms with Crippen LogP contribution in [0.5, 0.6) is 0 Å². The SMILES string of the molecule is C=CCNC(=O)[C@H]1CN(S(=O)(=O)c2ccccc2C(C)(C)C)CCN1S(=O)(=O)c1cccc2cccnc12. The van der Waals surface area contributed by atoms with E-state index in [4.69, 9.17) is 0 Å². The number of amides is 1. The summed E-state index contributed by atoms with van der Waals surface area (Å²) in [6.45, 7) is 8.84. The molecule has 1 aliphatic rings. The Morgan fingerprint density at radius 1 is 1.00 bits per heavy atom. The Morgan fingerprint density at radius 2 is 1.68 bits per heavy atom. The number of rotatable bonds is 7. The van der Waals surface area contributed by atoms with Crippen LogP contribution >= 0.6 is 0 Å². The number of nitrogens with one attached hydrogen (secondary N) is 1. The van der Waals surface area contributed by atoms with Gasteiger partial charge in [0.1, 0.15) is 10.9 Å². The molecule has 1 atom stereocenters. The number of aromatic nitrogens is 1.